The second-order valence-corrected chi connectivity index (χ2v) is 7.73. The van der Waals surface area contributed by atoms with Crippen molar-refractivity contribution in [2.45, 2.75) is 25.7 Å². The van der Waals surface area contributed by atoms with Gasteiger partial charge in [0, 0.05) is 44.9 Å². The van der Waals surface area contributed by atoms with Gasteiger partial charge in [0.2, 0.25) is 5.95 Å². The average Bonchev–Trinajstić information content (AvgIpc) is 3.47. The van der Waals surface area contributed by atoms with E-state index in [2.05, 4.69) is 9.88 Å². The molecule has 4 heterocycles. The van der Waals surface area contributed by atoms with Crippen LogP contribution in [0.5, 0.6) is 0 Å². The van der Waals surface area contributed by atoms with Gasteiger partial charge in [-0.2, -0.15) is 0 Å². The smallest absolute Gasteiger partial charge is 0.289 e. The van der Waals surface area contributed by atoms with E-state index >= 15 is 0 Å². The molecule has 1 aliphatic carbocycles. The number of amides is 1. The molecule has 3 aromatic heterocycles. The van der Waals surface area contributed by atoms with Crippen LogP contribution in [0.25, 0.3) is 0 Å². The monoisotopic (exact) mass is 406 g/mol. The number of aryl methyl sites for hydroxylation is 1. The van der Waals surface area contributed by atoms with Crippen LogP contribution in [0, 0.1) is 6.92 Å². The van der Waals surface area contributed by atoms with E-state index in [1.54, 1.807) is 23.3 Å². The minimum absolute atomic E-state index is 0.00455. The van der Waals surface area contributed by atoms with Gasteiger partial charge in [-0.15, -0.1) is 0 Å². The molecule has 1 aliphatic heterocycles. The average molecular weight is 406 g/mol. The van der Waals surface area contributed by atoms with Crippen LogP contribution in [0.4, 0.5) is 5.95 Å². The predicted molar refractivity (Wildman–Crippen MR) is 108 cm³/mol. The molecule has 154 valence electrons. The lowest BCUT2D eigenvalue weighted by molar-refractivity contribution is 0.0713. The molecule has 1 saturated heterocycles. The molecule has 8 nitrogen and oxygen atoms in total. The lowest BCUT2D eigenvalue weighted by Gasteiger charge is -2.35. The van der Waals surface area contributed by atoms with E-state index in [4.69, 9.17) is 13.8 Å². The molecule has 3 aromatic rings. The first-order valence-corrected chi connectivity index (χ1v) is 10.1. The minimum atomic E-state index is -0.103. The van der Waals surface area contributed by atoms with E-state index in [0.717, 1.165) is 11.5 Å². The molecule has 0 aromatic carbocycles. The van der Waals surface area contributed by atoms with Gasteiger partial charge in [-0.3, -0.25) is 9.59 Å². The number of fused-ring (bicyclic) bond motifs is 1. The molecule has 5 rings (SSSR count). The number of nitrogens with zero attached hydrogens (tertiary/aromatic N) is 4. The van der Waals surface area contributed by atoms with Crippen molar-refractivity contribution in [2.75, 3.05) is 31.1 Å². The number of hydrogen-bond acceptors (Lipinski definition) is 7. The summed E-state index contributed by atoms with van der Waals surface area (Å²) in [4.78, 5) is 38.4. The Kier molecular flexibility index (Phi) is 4.61. The summed E-state index contributed by atoms with van der Waals surface area (Å²) < 4.78 is 10.7. The largest absolute Gasteiger partial charge is 0.469 e. The maximum absolute atomic E-state index is 12.7. The molecule has 0 N–H and O–H groups in total. The SMILES string of the molecule is Cc1nc(N2CCN(C(=O)c3ccco3)CC2)nc2c1C(=O)C[C@H](c1ccco1)C2. The van der Waals surface area contributed by atoms with Gasteiger partial charge in [-0.1, -0.05) is 0 Å². The zero-order valence-corrected chi connectivity index (χ0v) is 16.7. The maximum Gasteiger partial charge on any atom is 0.289 e. The van der Waals surface area contributed by atoms with Crippen molar-refractivity contribution < 1.29 is 18.4 Å². The number of hydrogen-bond donors (Lipinski definition) is 0. The molecule has 1 amide bonds. The zero-order chi connectivity index (χ0) is 20.7. The molecule has 0 radical (unpaired) electrons. The summed E-state index contributed by atoms with van der Waals surface area (Å²) in [6, 6.07) is 7.14. The van der Waals surface area contributed by atoms with Gasteiger partial charge in [-0.05, 0) is 31.2 Å². The Bertz CT molecular complexity index is 1070. The third-order valence-electron chi connectivity index (χ3n) is 5.83. The second kappa shape index (κ2) is 7.44. The van der Waals surface area contributed by atoms with Gasteiger partial charge in [0.25, 0.3) is 5.91 Å². The maximum atomic E-state index is 12.7. The van der Waals surface area contributed by atoms with Crippen LogP contribution < -0.4 is 4.90 Å². The summed E-state index contributed by atoms with van der Waals surface area (Å²) in [7, 11) is 0. The normalized spacial score (nSPS) is 19.1. The van der Waals surface area contributed by atoms with Crippen molar-refractivity contribution in [2.24, 2.45) is 0 Å². The number of rotatable bonds is 3. The molecule has 30 heavy (non-hydrogen) atoms. The molecule has 0 spiro atoms. The topological polar surface area (TPSA) is 92.7 Å². The molecule has 0 bridgehead atoms. The number of anilines is 1. The molecule has 8 heteroatoms. The van der Waals surface area contributed by atoms with Crippen molar-refractivity contribution in [3.63, 3.8) is 0 Å². The van der Waals surface area contributed by atoms with E-state index in [1.807, 2.05) is 19.1 Å². The first-order chi connectivity index (χ1) is 14.6. The van der Waals surface area contributed by atoms with Crippen LogP contribution in [0.1, 0.15) is 50.4 Å². The number of furan rings is 2. The quantitative estimate of drug-likeness (QED) is 0.660. The van der Waals surface area contributed by atoms with Crippen molar-refractivity contribution in [1.82, 2.24) is 14.9 Å². The Morgan fingerprint density at radius 3 is 2.50 bits per heavy atom. The molecule has 0 unspecified atom stereocenters. The van der Waals surface area contributed by atoms with Gasteiger partial charge in [0.15, 0.2) is 11.5 Å². The van der Waals surface area contributed by atoms with Crippen molar-refractivity contribution in [3.8, 4) is 0 Å². The van der Waals surface area contributed by atoms with E-state index < -0.39 is 0 Å². The predicted octanol–water partition coefficient (Wildman–Crippen LogP) is 2.85. The molecule has 1 fully saturated rings. The third-order valence-corrected chi connectivity index (χ3v) is 5.83. The fourth-order valence-corrected chi connectivity index (χ4v) is 4.29. The molecule has 0 saturated carbocycles. The summed E-state index contributed by atoms with van der Waals surface area (Å²) in [6.45, 7) is 4.24. The fraction of sp³-hybridized carbons (Fsp3) is 0.364. The highest BCUT2D eigenvalue weighted by atomic mass is 16.3. The number of Topliss-reactive ketones (excluding diaryl/α,β-unsaturated/α-hetero) is 1. The number of carbonyl (C=O) groups is 2. The summed E-state index contributed by atoms with van der Waals surface area (Å²) in [5, 5.41) is 0. The molecular weight excluding hydrogens is 384 g/mol. The van der Waals surface area contributed by atoms with Crippen LogP contribution >= 0.6 is 0 Å². The highest BCUT2D eigenvalue weighted by Crippen LogP contribution is 2.34. The summed E-state index contributed by atoms with van der Waals surface area (Å²) in [5.41, 5.74) is 2.14. The van der Waals surface area contributed by atoms with Crippen LogP contribution in [-0.2, 0) is 6.42 Å². The summed E-state index contributed by atoms with van der Waals surface area (Å²) in [6.07, 6.45) is 4.21. The Morgan fingerprint density at radius 2 is 1.80 bits per heavy atom. The highest BCUT2D eigenvalue weighted by Gasteiger charge is 2.32. The lowest BCUT2D eigenvalue weighted by Crippen LogP contribution is -2.49. The van der Waals surface area contributed by atoms with Crippen molar-refractivity contribution in [1.29, 1.82) is 0 Å². The van der Waals surface area contributed by atoms with Crippen molar-refractivity contribution >= 4 is 17.6 Å². The first kappa shape index (κ1) is 18.6. The van der Waals surface area contributed by atoms with Crippen molar-refractivity contribution in [3.05, 3.63) is 65.3 Å². The minimum Gasteiger partial charge on any atom is -0.469 e. The van der Waals surface area contributed by atoms with Gasteiger partial charge in [-0.25, -0.2) is 9.97 Å². The van der Waals surface area contributed by atoms with E-state index in [9.17, 15) is 9.59 Å². The van der Waals surface area contributed by atoms with Crippen LogP contribution in [0.15, 0.2) is 45.6 Å². The van der Waals surface area contributed by atoms with Gasteiger partial charge < -0.3 is 18.6 Å². The Balaban J connectivity index is 1.34. The summed E-state index contributed by atoms with van der Waals surface area (Å²) >= 11 is 0. The molecule has 1 atom stereocenters. The van der Waals surface area contributed by atoms with Crippen LogP contribution in [0.2, 0.25) is 0 Å². The van der Waals surface area contributed by atoms with Gasteiger partial charge >= 0.3 is 0 Å². The Morgan fingerprint density at radius 1 is 1.03 bits per heavy atom. The molecular formula is C22H22N4O4. The number of ketones is 1. The lowest BCUT2D eigenvalue weighted by atomic mass is 9.84. The van der Waals surface area contributed by atoms with Crippen LogP contribution in [-0.4, -0.2) is 52.7 Å². The van der Waals surface area contributed by atoms with Gasteiger partial charge in [0.1, 0.15) is 5.76 Å². The Labute approximate surface area is 173 Å². The van der Waals surface area contributed by atoms with Gasteiger partial charge in [0.05, 0.1) is 29.5 Å². The first-order valence-electron chi connectivity index (χ1n) is 10.1. The highest BCUT2D eigenvalue weighted by molar-refractivity contribution is 5.99. The number of aromatic nitrogens is 2. The van der Waals surface area contributed by atoms with E-state index in [-0.39, 0.29) is 17.6 Å². The standard InChI is InChI=1S/C22H22N4O4/c1-14-20-16(12-15(13-17(20)27)18-4-2-10-29-18)24-22(23-14)26-8-6-25(7-9-26)21(28)19-5-3-11-30-19/h2-5,10-11,15H,6-9,12-13H2,1H3/t15-/m1/s1. The second-order valence-electron chi connectivity index (χ2n) is 7.73. The van der Waals surface area contributed by atoms with E-state index in [0.29, 0.717) is 62.0 Å². The van der Waals surface area contributed by atoms with E-state index in [1.165, 1.54) is 6.26 Å². The molecule has 2 aliphatic rings. The summed E-state index contributed by atoms with van der Waals surface area (Å²) in [5.74, 6) is 1.75. The zero-order valence-electron chi connectivity index (χ0n) is 16.7. The van der Waals surface area contributed by atoms with Crippen LogP contribution in [0.3, 0.4) is 0 Å². The Hall–Kier alpha value is -3.42. The number of carbonyl (C=O) groups excluding carboxylic acids is 2. The number of piperazine rings is 1. The fourth-order valence-electron chi connectivity index (χ4n) is 4.29. The third kappa shape index (κ3) is 3.28.